The fourth-order valence-corrected chi connectivity index (χ4v) is 4.32. The van der Waals surface area contributed by atoms with Crippen molar-refractivity contribution in [1.82, 2.24) is 15.5 Å². The Kier molecular flexibility index (Phi) is 3.69. The van der Waals surface area contributed by atoms with Gasteiger partial charge in [0.05, 0.1) is 29.0 Å². The van der Waals surface area contributed by atoms with E-state index in [0.717, 1.165) is 0 Å². The number of carbonyl (C=O) groups excluding carboxylic acids is 1. The number of benzene rings is 1. The largest absolute Gasteiger partial charge is 0.352 e. The molecular formula is C14H15N3O4S. The van der Waals surface area contributed by atoms with Crippen LogP contribution in [0.25, 0.3) is 10.8 Å². The van der Waals surface area contributed by atoms with Crippen molar-refractivity contribution >= 4 is 26.5 Å². The molecule has 2 aromatic rings. The Morgan fingerprint density at radius 2 is 2.05 bits per heavy atom. The van der Waals surface area contributed by atoms with Crippen LogP contribution in [0, 0.1) is 0 Å². The van der Waals surface area contributed by atoms with Gasteiger partial charge in [-0.15, -0.1) is 0 Å². The summed E-state index contributed by atoms with van der Waals surface area (Å²) in [6.07, 6.45) is 0.432. The summed E-state index contributed by atoms with van der Waals surface area (Å²) in [7, 11) is -3.03. The number of amides is 1. The van der Waals surface area contributed by atoms with Crippen molar-refractivity contribution in [3.63, 3.8) is 0 Å². The standard InChI is InChI=1S/C14H15N3O4S/c18-13(15-9-5-6-22(20,21)8-9)7-12-10-3-1-2-4-11(10)14(19)17-16-12/h1-4,9H,5-8H2,(H,15,18)(H,17,19)/t9-/m0/s1. The number of aromatic amines is 1. The van der Waals surface area contributed by atoms with E-state index in [9.17, 15) is 18.0 Å². The summed E-state index contributed by atoms with van der Waals surface area (Å²) in [4.78, 5) is 23.8. The Labute approximate surface area is 126 Å². The van der Waals surface area contributed by atoms with Crippen LogP contribution >= 0.6 is 0 Å². The average molecular weight is 321 g/mol. The van der Waals surface area contributed by atoms with Crippen LogP contribution in [-0.2, 0) is 21.1 Å². The summed E-state index contributed by atoms with van der Waals surface area (Å²) in [6, 6.07) is 6.58. The molecule has 1 aliphatic rings. The molecule has 8 heteroatoms. The van der Waals surface area contributed by atoms with Gasteiger partial charge in [-0.25, -0.2) is 13.5 Å². The van der Waals surface area contributed by atoms with Crippen molar-refractivity contribution in [3.05, 3.63) is 40.3 Å². The first-order valence-electron chi connectivity index (χ1n) is 6.91. The topological polar surface area (TPSA) is 109 Å². The van der Waals surface area contributed by atoms with Crippen LogP contribution < -0.4 is 10.9 Å². The van der Waals surface area contributed by atoms with Crippen molar-refractivity contribution in [2.24, 2.45) is 0 Å². The lowest BCUT2D eigenvalue weighted by Crippen LogP contribution is -2.36. The molecule has 1 amide bonds. The Morgan fingerprint density at radius 1 is 1.32 bits per heavy atom. The Morgan fingerprint density at radius 3 is 2.73 bits per heavy atom. The third kappa shape index (κ3) is 3.01. The molecule has 2 N–H and O–H groups in total. The number of hydrogen-bond donors (Lipinski definition) is 2. The third-order valence-electron chi connectivity index (χ3n) is 3.70. The SMILES string of the molecule is O=C(Cc1n[nH]c(=O)c2ccccc12)N[C@H]1CCS(=O)(=O)C1. The molecule has 0 unspecified atom stereocenters. The predicted octanol–water partition coefficient (Wildman–Crippen LogP) is -0.231. The first-order chi connectivity index (χ1) is 10.4. The molecule has 22 heavy (non-hydrogen) atoms. The van der Waals surface area contributed by atoms with Gasteiger partial charge in [0.25, 0.3) is 5.56 Å². The van der Waals surface area contributed by atoms with Crippen molar-refractivity contribution in [2.45, 2.75) is 18.9 Å². The molecule has 0 bridgehead atoms. The molecule has 1 aliphatic heterocycles. The van der Waals surface area contributed by atoms with E-state index < -0.39 is 9.84 Å². The molecule has 1 fully saturated rings. The second-order valence-electron chi connectivity index (χ2n) is 5.39. The number of H-pyrrole nitrogens is 1. The fourth-order valence-electron chi connectivity index (χ4n) is 2.65. The second-order valence-corrected chi connectivity index (χ2v) is 7.62. The van der Waals surface area contributed by atoms with Crippen LogP contribution in [0.4, 0.5) is 0 Å². The maximum absolute atomic E-state index is 12.1. The van der Waals surface area contributed by atoms with Gasteiger partial charge in [-0.3, -0.25) is 9.59 Å². The highest BCUT2D eigenvalue weighted by Crippen LogP contribution is 2.14. The molecule has 1 atom stereocenters. The van der Waals surface area contributed by atoms with Gasteiger partial charge >= 0.3 is 0 Å². The van der Waals surface area contributed by atoms with Gasteiger partial charge in [0.1, 0.15) is 0 Å². The summed E-state index contributed by atoms with van der Waals surface area (Å²) in [5.41, 5.74) is 0.162. The van der Waals surface area contributed by atoms with Crippen molar-refractivity contribution in [2.75, 3.05) is 11.5 Å². The summed E-state index contributed by atoms with van der Waals surface area (Å²) < 4.78 is 22.8. The molecule has 3 rings (SSSR count). The second kappa shape index (κ2) is 5.53. The summed E-state index contributed by atoms with van der Waals surface area (Å²) in [6.45, 7) is 0. The smallest absolute Gasteiger partial charge is 0.272 e. The minimum Gasteiger partial charge on any atom is -0.352 e. The number of hydrogen-bond acceptors (Lipinski definition) is 5. The lowest BCUT2D eigenvalue weighted by atomic mass is 10.1. The van der Waals surface area contributed by atoms with Gasteiger partial charge in [0, 0.05) is 11.4 Å². The number of rotatable bonds is 3. The van der Waals surface area contributed by atoms with Gasteiger partial charge in [-0.2, -0.15) is 5.10 Å². The van der Waals surface area contributed by atoms with Gasteiger partial charge in [-0.05, 0) is 12.5 Å². The monoisotopic (exact) mass is 321 g/mol. The molecule has 116 valence electrons. The molecule has 1 aromatic carbocycles. The van der Waals surface area contributed by atoms with Gasteiger partial charge in [0.15, 0.2) is 9.84 Å². The van der Waals surface area contributed by atoms with Crippen LogP contribution in [0.5, 0.6) is 0 Å². The fraction of sp³-hybridized carbons (Fsp3) is 0.357. The zero-order chi connectivity index (χ0) is 15.7. The summed E-state index contributed by atoms with van der Waals surface area (Å²) >= 11 is 0. The van der Waals surface area contributed by atoms with Crippen molar-refractivity contribution in [3.8, 4) is 0 Å². The lowest BCUT2D eigenvalue weighted by molar-refractivity contribution is -0.121. The van der Waals surface area contributed by atoms with Crippen LogP contribution in [-0.4, -0.2) is 42.1 Å². The summed E-state index contributed by atoms with van der Waals surface area (Å²) in [5.74, 6) is -0.206. The number of fused-ring (bicyclic) bond motifs is 1. The first-order valence-corrected chi connectivity index (χ1v) is 8.73. The molecule has 2 heterocycles. The van der Waals surface area contributed by atoms with Gasteiger partial charge in [-0.1, -0.05) is 18.2 Å². The lowest BCUT2D eigenvalue weighted by Gasteiger charge is -2.11. The van der Waals surface area contributed by atoms with E-state index in [2.05, 4.69) is 15.5 Å². The maximum Gasteiger partial charge on any atom is 0.272 e. The van der Waals surface area contributed by atoms with E-state index in [1.807, 2.05) is 0 Å². The first kappa shape index (κ1) is 14.7. The molecule has 1 aromatic heterocycles. The van der Waals surface area contributed by atoms with Crippen LogP contribution in [0.2, 0.25) is 0 Å². The molecule has 0 saturated carbocycles. The number of sulfone groups is 1. The third-order valence-corrected chi connectivity index (χ3v) is 5.47. The van der Waals surface area contributed by atoms with Gasteiger partial charge < -0.3 is 5.32 Å². The quantitative estimate of drug-likeness (QED) is 0.811. The molecule has 7 nitrogen and oxygen atoms in total. The van der Waals surface area contributed by atoms with Crippen molar-refractivity contribution < 1.29 is 13.2 Å². The molecule has 0 spiro atoms. The Hall–Kier alpha value is -2.22. The number of nitrogens with one attached hydrogen (secondary N) is 2. The van der Waals surface area contributed by atoms with Crippen LogP contribution in [0.15, 0.2) is 29.1 Å². The molecule has 1 saturated heterocycles. The minimum atomic E-state index is -3.03. The highest BCUT2D eigenvalue weighted by molar-refractivity contribution is 7.91. The highest BCUT2D eigenvalue weighted by Gasteiger charge is 2.29. The van der Waals surface area contributed by atoms with Crippen LogP contribution in [0.1, 0.15) is 12.1 Å². The minimum absolute atomic E-state index is 0.00611. The van der Waals surface area contributed by atoms with Crippen molar-refractivity contribution in [1.29, 1.82) is 0 Å². The number of aromatic nitrogens is 2. The van der Waals surface area contributed by atoms with E-state index >= 15 is 0 Å². The van der Waals surface area contributed by atoms with Gasteiger partial charge in [0.2, 0.25) is 5.91 Å². The summed E-state index contributed by atoms with van der Waals surface area (Å²) in [5, 5.41) is 10.1. The van der Waals surface area contributed by atoms with E-state index in [0.29, 0.717) is 22.9 Å². The Balaban J connectivity index is 1.78. The number of carbonyl (C=O) groups is 1. The van der Waals surface area contributed by atoms with E-state index in [1.165, 1.54) is 0 Å². The van der Waals surface area contributed by atoms with E-state index in [4.69, 9.17) is 0 Å². The zero-order valence-corrected chi connectivity index (χ0v) is 12.5. The zero-order valence-electron chi connectivity index (χ0n) is 11.7. The molecular weight excluding hydrogens is 306 g/mol. The molecule has 0 radical (unpaired) electrons. The average Bonchev–Trinajstić information content (AvgIpc) is 2.81. The van der Waals surface area contributed by atoms with Crippen LogP contribution in [0.3, 0.4) is 0 Å². The molecule has 0 aliphatic carbocycles. The highest BCUT2D eigenvalue weighted by atomic mass is 32.2. The predicted molar refractivity (Wildman–Crippen MR) is 81.3 cm³/mol. The normalized spacial score (nSPS) is 20.1. The Bertz CT molecular complexity index is 888. The maximum atomic E-state index is 12.1. The number of nitrogens with zero attached hydrogens (tertiary/aromatic N) is 1. The van der Waals surface area contributed by atoms with E-state index in [1.54, 1.807) is 24.3 Å². The van der Waals surface area contributed by atoms with E-state index in [-0.39, 0.29) is 35.4 Å².